The molecule has 1 heterocycles. The summed E-state index contributed by atoms with van der Waals surface area (Å²) in [5, 5.41) is 11.4. The maximum absolute atomic E-state index is 12.3. The largest absolute Gasteiger partial charge is 0.352 e. The summed E-state index contributed by atoms with van der Waals surface area (Å²) in [6.07, 6.45) is 2.37. The van der Waals surface area contributed by atoms with Crippen LogP contribution in [-0.4, -0.2) is 37.0 Å². The van der Waals surface area contributed by atoms with Gasteiger partial charge in [-0.15, -0.1) is 0 Å². The third-order valence-corrected chi connectivity index (χ3v) is 4.76. The molecule has 5 heteroatoms. The Morgan fingerprint density at radius 2 is 1.96 bits per heavy atom. The molecule has 0 bridgehead atoms. The van der Waals surface area contributed by atoms with Crippen LogP contribution in [0, 0.1) is 0 Å². The van der Waals surface area contributed by atoms with Gasteiger partial charge in [0.2, 0.25) is 5.91 Å². The first kappa shape index (κ1) is 17.4. The highest BCUT2D eigenvalue weighted by atomic mass is 16.2. The van der Waals surface area contributed by atoms with E-state index in [1.807, 2.05) is 42.5 Å². The van der Waals surface area contributed by atoms with E-state index in [1.165, 1.54) is 0 Å². The number of piperidine rings is 1. The lowest BCUT2D eigenvalue weighted by Crippen LogP contribution is -2.52. The number of hydrogen-bond acceptors (Lipinski definition) is 3. The second-order valence-corrected chi connectivity index (χ2v) is 6.63. The summed E-state index contributed by atoms with van der Waals surface area (Å²) in [6.45, 7) is 3.44. The van der Waals surface area contributed by atoms with Gasteiger partial charge in [-0.1, -0.05) is 30.3 Å². The summed E-state index contributed by atoms with van der Waals surface area (Å²) in [6, 6.07) is 14.0. The lowest BCUT2D eigenvalue weighted by atomic mass is 10.00. The molecule has 0 radical (unpaired) electrons. The number of carbonyl (C=O) groups excluding carboxylic acids is 2. The van der Waals surface area contributed by atoms with Gasteiger partial charge in [0.25, 0.3) is 5.91 Å². The Morgan fingerprint density at radius 3 is 2.76 bits per heavy atom. The van der Waals surface area contributed by atoms with Crippen molar-refractivity contribution in [1.82, 2.24) is 16.0 Å². The number of carbonyl (C=O) groups is 2. The summed E-state index contributed by atoms with van der Waals surface area (Å²) in [5.74, 6) is -0.161. The molecule has 1 aliphatic heterocycles. The monoisotopic (exact) mass is 339 g/mol. The lowest BCUT2D eigenvalue weighted by molar-refractivity contribution is -0.122. The van der Waals surface area contributed by atoms with Crippen molar-refractivity contribution in [1.29, 1.82) is 0 Å². The van der Waals surface area contributed by atoms with Crippen LogP contribution in [0.4, 0.5) is 0 Å². The third kappa shape index (κ3) is 4.57. The van der Waals surface area contributed by atoms with E-state index in [2.05, 4.69) is 22.9 Å². The predicted molar refractivity (Wildman–Crippen MR) is 99.5 cm³/mol. The van der Waals surface area contributed by atoms with Crippen molar-refractivity contribution in [2.75, 3.05) is 13.1 Å². The van der Waals surface area contributed by atoms with Gasteiger partial charge in [0.15, 0.2) is 0 Å². The van der Waals surface area contributed by atoms with Crippen molar-refractivity contribution in [2.24, 2.45) is 0 Å². The molecule has 25 heavy (non-hydrogen) atoms. The molecule has 0 aliphatic carbocycles. The Morgan fingerprint density at radius 1 is 1.16 bits per heavy atom. The van der Waals surface area contributed by atoms with Crippen molar-refractivity contribution < 1.29 is 9.59 Å². The molecule has 0 spiro atoms. The van der Waals surface area contributed by atoms with E-state index in [4.69, 9.17) is 0 Å². The van der Waals surface area contributed by atoms with Gasteiger partial charge in [-0.2, -0.15) is 0 Å². The first-order valence-electron chi connectivity index (χ1n) is 8.93. The van der Waals surface area contributed by atoms with E-state index < -0.39 is 0 Å². The van der Waals surface area contributed by atoms with Crippen LogP contribution in [0.1, 0.15) is 36.5 Å². The molecule has 132 valence electrons. The number of nitrogens with one attached hydrogen (secondary N) is 3. The average Bonchev–Trinajstić information content (AvgIpc) is 2.63. The van der Waals surface area contributed by atoms with Crippen molar-refractivity contribution in [2.45, 2.75) is 38.3 Å². The molecule has 2 atom stereocenters. The van der Waals surface area contributed by atoms with E-state index in [-0.39, 0.29) is 17.9 Å². The van der Waals surface area contributed by atoms with Gasteiger partial charge in [-0.05, 0) is 49.2 Å². The van der Waals surface area contributed by atoms with Crippen LogP contribution in [0.3, 0.4) is 0 Å². The zero-order chi connectivity index (χ0) is 17.6. The first-order valence-corrected chi connectivity index (χ1v) is 8.93. The maximum Gasteiger partial charge on any atom is 0.251 e. The third-order valence-electron chi connectivity index (χ3n) is 4.76. The highest BCUT2D eigenvalue weighted by molar-refractivity contribution is 5.98. The minimum absolute atomic E-state index is 0.0145. The van der Waals surface area contributed by atoms with Gasteiger partial charge in [-0.3, -0.25) is 9.59 Å². The van der Waals surface area contributed by atoms with Crippen molar-refractivity contribution >= 4 is 22.6 Å². The van der Waals surface area contributed by atoms with Gasteiger partial charge in [0, 0.05) is 30.6 Å². The number of rotatable bonds is 5. The average molecular weight is 339 g/mol. The highest BCUT2D eigenvalue weighted by Gasteiger charge is 2.22. The second-order valence-electron chi connectivity index (χ2n) is 6.63. The van der Waals surface area contributed by atoms with E-state index in [1.54, 1.807) is 0 Å². The van der Waals surface area contributed by atoms with Crippen LogP contribution in [0.2, 0.25) is 0 Å². The van der Waals surface area contributed by atoms with Crippen LogP contribution in [0.15, 0.2) is 42.5 Å². The molecule has 0 saturated carbocycles. The van der Waals surface area contributed by atoms with Crippen LogP contribution in [0.5, 0.6) is 0 Å². The number of hydrogen-bond donors (Lipinski definition) is 3. The zero-order valence-corrected chi connectivity index (χ0v) is 14.5. The molecule has 3 rings (SSSR count). The highest BCUT2D eigenvalue weighted by Crippen LogP contribution is 2.15. The number of amides is 2. The molecule has 2 aromatic carbocycles. The van der Waals surface area contributed by atoms with E-state index in [0.717, 1.165) is 30.2 Å². The van der Waals surface area contributed by atoms with Gasteiger partial charge < -0.3 is 16.0 Å². The Bertz CT molecular complexity index is 759. The van der Waals surface area contributed by atoms with E-state index in [0.29, 0.717) is 24.6 Å². The fraction of sp³-hybridized carbons (Fsp3) is 0.400. The zero-order valence-electron chi connectivity index (χ0n) is 14.5. The maximum atomic E-state index is 12.3. The Balaban J connectivity index is 1.47. The topological polar surface area (TPSA) is 70.2 Å². The fourth-order valence-corrected chi connectivity index (χ4v) is 3.24. The van der Waals surface area contributed by atoms with Crippen LogP contribution >= 0.6 is 0 Å². The normalized spacial score (nSPS) is 20.2. The molecule has 1 fully saturated rings. The predicted octanol–water partition coefficient (Wildman–Crippen LogP) is 2.22. The summed E-state index contributed by atoms with van der Waals surface area (Å²) in [7, 11) is 0. The number of benzene rings is 2. The molecule has 2 unspecified atom stereocenters. The van der Waals surface area contributed by atoms with E-state index >= 15 is 0 Å². The minimum Gasteiger partial charge on any atom is -0.352 e. The van der Waals surface area contributed by atoms with Gasteiger partial charge in [-0.25, -0.2) is 0 Å². The van der Waals surface area contributed by atoms with E-state index in [9.17, 15) is 9.59 Å². The SMILES string of the molecule is CC1NCCCC1NC(=O)CCNC(=O)c1ccc2ccccc2c1. The Hall–Kier alpha value is -2.40. The summed E-state index contributed by atoms with van der Waals surface area (Å²) < 4.78 is 0. The van der Waals surface area contributed by atoms with Crippen LogP contribution in [-0.2, 0) is 4.79 Å². The number of fused-ring (bicyclic) bond motifs is 1. The smallest absolute Gasteiger partial charge is 0.251 e. The lowest BCUT2D eigenvalue weighted by Gasteiger charge is -2.30. The standard InChI is InChI=1S/C20H25N3O2/c1-14-18(7-4-11-21-14)23-19(24)10-12-22-20(25)17-9-8-15-5-2-3-6-16(15)13-17/h2-3,5-6,8-9,13-14,18,21H,4,7,10-12H2,1H3,(H,22,25)(H,23,24). The van der Waals surface area contributed by atoms with Gasteiger partial charge in [0.1, 0.15) is 0 Å². The van der Waals surface area contributed by atoms with Crippen LogP contribution < -0.4 is 16.0 Å². The molecule has 2 aromatic rings. The van der Waals surface area contributed by atoms with Gasteiger partial charge in [0.05, 0.1) is 0 Å². The molecule has 1 aliphatic rings. The molecule has 3 N–H and O–H groups in total. The van der Waals surface area contributed by atoms with Gasteiger partial charge >= 0.3 is 0 Å². The molecule has 2 amide bonds. The minimum atomic E-state index is -0.147. The fourth-order valence-electron chi connectivity index (χ4n) is 3.24. The van der Waals surface area contributed by atoms with Crippen LogP contribution in [0.25, 0.3) is 10.8 Å². The molecule has 1 saturated heterocycles. The first-order chi connectivity index (χ1) is 12.1. The Kier molecular flexibility index (Phi) is 5.66. The summed E-state index contributed by atoms with van der Waals surface area (Å²) >= 11 is 0. The molecular formula is C20H25N3O2. The van der Waals surface area contributed by atoms with Crippen molar-refractivity contribution in [3.63, 3.8) is 0 Å². The van der Waals surface area contributed by atoms with Crippen molar-refractivity contribution in [3.05, 3.63) is 48.0 Å². The molecule has 5 nitrogen and oxygen atoms in total. The quantitative estimate of drug-likeness (QED) is 0.782. The second kappa shape index (κ2) is 8.12. The van der Waals surface area contributed by atoms with Crippen molar-refractivity contribution in [3.8, 4) is 0 Å². The molecule has 0 aromatic heterocycles. The molecular weight excluding hydrogens is 314 g/mol. The summed E-state index contributed by atoms with van der Waals surface area (Å²) in [5.41, 5.74) is 0.615. The summed E-state index contributed by atoms with van der Waals surface area (Å²) in [4.78, 5) is 24.3. The Labute approximate surface area is 148 Å².